The van der Waals surface area contributed by atoms with Gasteiger partial charge in [0.2, 0.25) is 8.32 Å². The highest BCUT2D eigenvalue weighted by molar-refractivity contribution is 6.70. The van der Waals surface area contributed by atoms with Crippen molar-refractivity contribution in [1.82, 2.24) is 0 Å². The van der Waals surface area contributed by atoms with Crippen LogP contribution in [0.3, 0.4) is 0 Å². The van der Waals surface area contributed by atoms with Crippen molar-refractivity contribution in [3.63, 3.8) is 0 Å². The minimum atomic E-state index is -2.49. The molecule has 0 heterocycles. The fraction of sp³-hybridized carbons (Fsp3) is 0.846. The molecule has 20 heavy (non-hydrogen) atoms. The topological polar surface area (TPSA) is 46.2 Å². The standard InChI is InChI=1S/C13H30O5Si2/c1-12(2)13(18-19(6,7)8)17-10-9-11-20(14-3,15-4)16-5/h9-11H2,1-8H3. The molecule has 0 fully saturated rings. The Balaban J connectivity index is 4.31. The van der Waals surface area contributed by atoms with E-state index in [1.165, 1.54) is 0 Å². The van der Waals surface area contributed by atoms with Crippen LogP contribution in [0.15, 0.2) is 11.5 Å². The molecule has 120 valence electrons. The lowest BCUT2D eigenvalue weighted by atomic mass is 10.4. The first-order valence-electron chi connectivity index (χ1n) is 6.84. The summed E-state index contributed by atoms with van der Waals surface area (Å²) in [6, 6.07) is 0.722. The molecular formula is C13H30O5Si2. The van der Waals surface area contributed by atoms with Gasteiger partial charge in [-0.25, -0.2) is 0 Å². The molecule has 0 amide bonds. The monoisotopic (exact) mass is 322 g/mol. The van der Waals surface area contributed by atoms with E-state index in [2.05, 4.69) is 19.6 Å². The van der Waals surface area contributed by atoms with Crippen LogP contribution in [0, 0.1) is 0 Å². The molecule has 5 nitrogen and oxygen atoms in total. The molecular weight excluding hydrogens is 292 g/mol. The summed E-state index contributed by atoms with van der Waals surface area (Å²) in [6.07, 6.45) is 0.799. The van der Waals surface area contributed by atoms with Crippen molar-refractivity contribution in [2.75, 3.05) is 27.9 Å². The molecule has 0 rings (SSSR count). The molecule has 7 heteroatoms. The van der Waals surface area contributed by atoms with Crippen molar-refractivity contribution in [3.05, 3.63) is 11.5 Å². The van der Waals surface area contributed by atoms with E-state index in [1.54, 1.807) is 21.3 Å². The van der Waals surface area contributed by atoms with Gasteiger partial charge in [0.1, 0.15) is 0 Å². The van der Waals surface area contributed by atoms with Crippen molar-refractivity contribution in [1.29, 1.82) is 0 Å². The zero-order valence-electron chi connectivity index (χ0n) is 14.2. The summed E-state index contributed by atoms with van der Waals surface area (Å²) in [6.45, 7) is 11.0. The van der Waals surface area contributed by atoms with Gasteiger partial charge >= 0.3 is 8.80 Å². The fourth-order valence-electron chi connectivity index (χ4n) is 1.56. The number of ether oxygens (including phenoxy) is 1. The van der Waals surface area contributed by atoms with Crippen LogP contribution in [0.1, 0.15) is 20.3 Å². The Hall–Kier alpha value is -0.346. The first kappa shape index (κ1) is 19.7. The quantitative estimate of drug-likeness (QED) is 0.350. The van der Waals surface area contributed by atoms with Crippen molar-refractivity contribution >= 4 is 17.1 Å². The molecule has 0 bridgehead atoms. The van der Waals surface area contributed by atoms with E-state index in [0.717, 1.165) is 18.0 Å². The van der Waals surface area contributed by atoms with Gasteiger partial charge in [0.25, 0.3) is 5.95 Å². The van der Waals surface area contributed by atoms with Crippen LogP contribution >= 0.6 is 0 Å². The summed E-state index contributed by atoms with van der Waals surface area (Å²) < 4.78 is 27.8. The predicted molar refractivity (Wildman–Crippen MR) is 85.0 cm³/mol. The maximum absolute atomic E-state index is 5.92. The van der Waals surface area contributed by atoms with E-state index >= 15 is 0 Å². The summed E-state index contributed by atoms with van der Waals surface area (Å²) in [7, 11) is 0.722. The second-order valence-corrected chi connectivity index (χ2v) is 13.3. The summed E-state index contributed by atoms with van der Waals surface area (Å²) in [5.41, 5.74) is 1.06. The lowest BCUT2D eigenvalue weighted by Crippen LogP contribution is -2.42. The minimum Gasteiger partial charge on any atom is -0.520 e. The molecule has 0 atom stereocenters. The van der Waals surface area contributed by atoms with Gasteiger partial charge in [-0.15, -0.1) is 0 Å². The van der Waals surface area contributed by atoms with Crippen LogP contribution in [0.5, 0.6) is 0 Å². The molecule has 0 radical (unpaired) electrons. The van der Waals surface area contributed by atoms with E-state index in [1.807, 2.05) is 13.8 Å². The fourth-order valence-corrected chi connectivity index (χ4v) is 4.07. The average molecular weight is 323 g/mol. The van der Waals surface area contributed by atoms with Crippen LogP contribution in [-0.2, 0) is 22.4 Å². The van der Waals surface area contributed by atoms with Crippen LogP contribution in [0.4, 0.5) is 0 Å². The Bertz CT molecular complexity index is 296. The highest BCUT2D eigenvalue weighted by Crippen LogP contribution is 2.18. The van der Waals surface area contributed by atoms with Crippen LogP contribution in [-0.4, -0.2) is 45.1 Å². The molecule has 0 aliphatic carbocycles. The Labute approximate surface area is 125 Å². The molecule has 0 aliphatic rings. The van der Waals surface area contributed by atoms with Crippen molar-refractivity contribution in [2.45, 2.75) is 46.0 Å². The number of allylic oxidation sites excluding steroid dienone is 1. The Morgan fingerprint density at radius 3 is 1.75 bits per heavy atom. The summed E-state index contributed by atoms with van der Waals surface area (Å²) in [5, 5.41) is 0. The SMILES string of the molecule is CO[Si](CCCOC(O[Si](C)(C)C)=C(C)C)(OC)OC. The maximum Gasteiger partial charge on any atom is 0.500 e. The van der Waals surface area contributed by atoms with Crippen molar-refractivity contribution < 1.29 is 22.4 Å². The van der Waals surface area contributed by atoms with Crippen molar-refractivity contribution in [3.8, 4) is 0 Å². The minimum absolute atomic E-state index is 0.565. The Kier molecular flexibility index (Phi) is 8.68. The van der Waals surface area contributed by atoms with E-state index in [0.29, 0.717) is 12.6 Å². The summed E-state index contributed by atoms with van der Waals surface area (Å²) >= 11 is 0. The Morgan fingerprint density at radius 1 is 0.900 bits per heavy atom. The highest BCUT2D eigenvalue weighted by Gasteiger charge is 2.37. The molecule has 0 aromatic rings. The van der Waals surface area contributed by atoms with E-state index in [9.17, 15) is 0 Å². The smallest absolute Gasteiger partial charge is 0.500 e. The largest absolute Gasteiger partial charge is 0.520 e. The zero-order valence-corrected chi connectivity index (χ0v) is 16.2. The van der Waals surface area contributed by atoms with E-state index < -0.39 is 17.1 Å². The molecule has 0 N–H and O–H groups in total. The molecule has 0 aromatic carbocycles. The molecule has 0 unspecified atom stereocenters. The lowest BCUT2D eigenvalue weighted by Gasteiger charge is -2.25. The van der Waals surface area contributed by atoms with Gasteiger partial charge in [-0.3, -0.25) is 0 Å². The van der Waals surface area contributed by atoms with Crippen LogP contribution in [0.2, 0.25) is 25.7 Å². The Morgan fingerprint density at radius 2 is 1.40 bits per heavy atom. The summed E-state index contributed by atoms with van der Waals surface area (Å²) in [5.74, 6) is 0.656. The maximum atomic E-state index is 5.92. The molecule has 0 saturated heterocycles. The van der Waals surface area contributed by atoms with Gasteiger partial charge < -0.3 is 22.4 Å². The van der Waals surface area contributed by atoms with Gasteiger partial charge in [-0.1, -0.05) is 0 Å². The van der Waals surface area contributed by atoms with Gasteiger partial charge in [-0.2, -0.15) is 0 Å². The second-order valence-electron chi connectivity index (χ2n) is 5.75. The number of hydrogen-bond acceptors (Lipinski definition) is 5. The third kappa shape index (κ3) is 7.44. The molecule has 0 aromatic heterocycles. The highest BCUT2D eigenvalue weighted by atomic mass is 28.4. The van der Waals surface area contributed by atoms with E-state index in [4.69, 9.17) is 22.4 Å². The molecule has 0 spiro atoms. The third-order valence-corrected chi connectivity index (χ3v) is 6.23. The number of hydrogen-bond donors (Lipinski definition) is 0. The van der Waals surface area contributed by atoms with Gasteiger partial charge in [0.15, 0.2) is 0 Å². The molecule has 0 saturated carbocycles. The molecule has 0 aliphatic heterocycles. The predicted octanol–water partition coefficient (Wildman–Crippen LogP) is 3.37. The zero-order chi connectivity index (χ0) is 15.8. The van der Waals surface area contributed by atoms with Crippen molar-refractivity contribution in [2.24, 2.45) is 0 Å². The van der Waals surface area contributed by atoms with Crippen LogP contribution < -0.4 is 0 Å². The third-order valence-electron chi connectivity index (χ3n) is 2.60. The number of rotatable bonds is 10. The van der Waals surface area contributed by atoms with Gasteiger partial charge in [0, 0.05) is 32.9 Å². The van der Waals surface area contributed by atoms with Crippen LogP contribution in [0.25, 0.3) is 0 Å². The first-order valence-corrected chi connectivity index (χ1v) is 12.2. The lowest BCUT2D eigenvalue weighted by molar-refractivity contribution is 0.0893. The summed E-state index contributed by atoms with van der Waals surface area (Å²) in [4.78, 5) is 0. The van der Waals surface area contributed by atoms with E-state index in [-0.39, 0.29) is 0 Å². The second kappa shape index (κ2) is 8.83. The van der Waals surface area contributed by atoms with Gasteiger partial charge in [0.05, 0.1) is 6.61 Å². The van der Waals surface area contributed by atoms with Gasteiger partial charge in [-0.05, 0) is 39.9 Å². The normalized spacial score (nSPS) is 12.2. The average Bonchev–Trinajstić information content (AvgIpc) is 2.37. The first-order chi connectivity index (χ1) is 9.19.